The van der Waals surface area contributed by atoms with Gasteiger partial charge in [-0.15, -0.1) is 0 Å². The van der Waals surface area contributed by atoms with E-state index in [-0.39, 0.29) is 167 Å². The number of rotatable bonds is 6. The maximum atomic E-state index is 13.4. The van der Waals surface area contributed by atoms with Crippen molar-refractivity contribution in [1.29, 1.82) is 0 Å². The minimum absolute atomic E-state index is 0. The summed E-state index contributed by atoms with van der Waals surface area (Å²) in [6.07, 6.45) is 0.107. The van der Waals surface area contributed by atoms with Gasteiger partial charge in [-0.1, -0.05) is 15.9 Å². The van der Waals surface area contributed by atoms with E-state index in [2.05, 4.69) is 31.2 Å². The van der Waals surface area contributed by atoms with Crippen molar-refractivity contribution in [1.82, 2.24) is 20.0 Å². The number of aromatic amines is 1. The van der Waals surface area contributed by atoms with Crippen molar-refractivity contribution < 1.29 is 190 Å². The molecule has 0 spiro atoms. The van der Waals surface area contributed by atoms with Crippen molar-refractivity contribution in [2.45, 2.75) is 26.3 Å². The number of alkyl halides is 1. The molecule has 2 unspecified atom stereocenters. The van der Waals surface area contributed by atoms with Crippen LogP contribution in [0.2, 0.25) is 0 Å². The van der Waals surface area contributed by atoms with E-state index in [9.17, 15) is 18.4 Å². The van der Waals surface area contributed by atoms with Gasteiger partial charge in [-0.3, -0.25) is 9.78 Å². The molecule has 6 rings (SSSR count). The first-order valence-corrected chi connectivity index (χ1v) is 15.4. The van der Waals surface area contributed by atoms with Crippen molar-refractivity contribution in [3.05, 3.63) is 59.4 Å². The second-order valence-corrected chi connectivity index (χ2v) is 10.7. The van der Waals surface area contributed by atoms with Crippen LogP contribution in [0.25, 0.3) is 21.8 Å². The van der Waals surface area contributed by atoms with E-state index in [1.165, 1.54) is 43.9 Å². The summed E-state index contributed by atoms with van der Waals surface area (Å²) in [5.74, 6) is -0.607. The van der Waals surface area contributed by atoms with Crippen LogP contribution >= 0.6 is 15.9 Å². The minimum Gasteiger partial charge on any atom is -0.565 e. The largest absolute Gasteiger partial charge is 1.00 e. The Morgan fingerprint density at radius 1 is 1.00 bits per heavy atom. The van der Waals surface area contributed by atoms with Gasteiger partial charge in [0.05, 0.1) is 38.0 Å². The molecule has 4 aromatic rings. The third-order valence-corrected chi connectivity index (χ3v) is 7.70. The minimum atomic E-state index is -2.08. The first-order chi connectivity index (χ1) is 22.1. The standard InChI is InChI=1S/C14H15FN2O3.C10H9FN2O2.C5H9BrO.CH2O3.2Cs/c1-19-14(18)13-11-3-2-10(15)6-12(11)17(16-13)7-9-4-5-20-8-9;1-2-15-10(14)9-7-4-3-6(11)5-8(7)12-13-9;6-3-5-1-2-7-4-5;2-1(3)4;;/h2-3,6,9H,4-5,7-8H2,1H3;3-5H,2H2,1H3,(H,12,13);5H,1-4H2;(H2,2,3,4);;/q;;;;2*+1/p-1. The molecule has 0 saturated carbocycles. The summed E-state index contributed by atoms with van der Waals surface area (Å²) in [5.41, 5.74) is 1.50. The van der Waals surface area contributed by atoms with Crippen LogP contribution in [-0.2, 0) is 25.5 Å². The molecule has 2 aromatic heterocycles. The van der Waals surface area contributed by atoms with Gasteiger partial charge in [0.2, 0.25) is 6.16 Å². The van der Waals surface area contributed by atoms with Crippen LogP contribution in [0.1, 0.15) is 40.7 Å². The molecule has 0 bridgehead atoms. The Hall–Kier alpha value is -0.0461. The third kappa shape index (κ3) is 14.5. The van der Waals surface area contributed by atoms with E-state index in [4.69, 9.17) is 34.0 Å². The van der Waals surface area contributed by atoms with Gasteiger partial charge >= 0.3 is 150 Å². The third-order valence-electron chi connectivity index (χ3n) is 6.78. The number of hydrogen-bond donors (Lipinski definition) is 2. The first kappa shape index (κ1) is 46.0. The van der Waals surface area contributed by atoms with Gasteiger partial charge in [-0.2, -0.15) is 10.2 Å². The summed E-state index contributed by atoms with van der Waals surface area (Å²) in [6, 6.07) is 8.34. The van der Waals surface area contributed by atoms with Crippen LogP contribution in [0, 0.1) is 23.5 Å². The molecule has 0 amide bonds. The van der Waals surface area contributed by atoms with Crippen LogP contribution in [-0.4, -0.2) is 88.7 Å². The van der Waals surface area contributed by atoms with Crippen LogP contribution in [0.5, 0.6) is 0 Å². The molecule has 2 aromatic carbocycles. The second-order valence-electron chi connectivity index (χ2n) is 10.0. The molecule has 2 aliphatic heterocycles. The maximum absolute atomic E-state index is 13.4. The van der Waals surface area contributed by atoms with E-state index in [0.717, 1.165) is 37.5 Å². The van der Waals surface area contributed by atoms with Gasteiger partial charge in [0.1, 0.15) is 11.6 Å². The molecule has 2 fully saturated rings. The van der Waals surface area contributed by atoms with Gasteiger partial charge in [0.25, 0.3) is 0 Å². The number of nitrogens with zero attached hydrogens (tertiary/aromatic N) is 3. The summed E-state index contributed by atoms with van der Waals surface area (Å²) in [7, 11) is 1.31. The second kappa shape index (κ2) is 24.2. The fraction of sp³-hybridized carbons (Fsp3) is 0.433. The van der Waals surface area contributed by atoms with Crippen LogP contribution in [0.3, 0.4) is 0 Å². The normalized spacial score (nSPS) is 16.1. The van der Waals surface area contributed by atoms with Crippen molar-refractivity contribution >= 4 is 55.8 Å². The zero-order chi connectivity index (χ0) is 33.6. The molecule has 250 valence electrons. The molecule has 2 aliphatic rings. The van der Waals surface area contributed by atoms with Gasteiger partial charge in [-0.25, -0.2) is 18.4 Å². The Kier molecular flexibility index (Phi) is 23.2. The predicted molar refractivity (Wildman–Crippen MR) is 163 cm³/mol. The fourth-order valence-electron chi connectivity index (χ4n) is 4.56. The number of aromatic nitrogens is 4. The summed E-state index contributed by atoms with van der Waals surface area (Å²) < 4.78 is 47.9. The van der Waals surface area contributed by atoms with Crippen molar-refractivity contribution in [3.63, 3.8) is 0 Å². The predicted octanol–water partition coefficient (Wildman–Crippen LogP) is -1.81. The Balaban J connectivity index is 0.000000362. The Labute approximate surface area is 401 Å². The molecule has 48 heavy (non-hydrogen) atoms. The van der Waals surface area contributed by atoms with Gasteiger partial charge in [0, 0.05) is 41.8 Å². The molecule has 0 radical (unpaired) electrons. The van der Waals surface area contributed by atoms with Gasteiger partial charge < -0.3 is 34.0 Å². The van der Waals surface area contributed by atoms with Crippen molar-refractivity contribution in [2.24, 2.45) is 11.8 Å². The molecule has 0 aliphatic carbocycles. The molecule has 18 heteroatoms. The number of carboxylic acid groups (broad SMARTS) is 2. The molecular weight excluding hydrogens is 944 g/mol. The number of methoxy groups -OCH3 is 1. The van der Waals surface area contributed by atoms with Gasteiger partial charge in [-0.05, 0) is 62.1 Å². The zero-order valence-corrected chi connectivity index (χ0v) is 41.3. The Morgan fingerprint density at radius 3 is 2.10 bits per heavy atom. The van der Waals surface area contributed by atoms with E-state index >= 15 is 0 Å². The first-order valence-electron chi connectivity index (χ1n) is 14.2. The number of halogens is 3. The van der Waals surface area contributed by atoms with E-state index in [1.54, 1.807) is 17.7 Å². The molecular formula is C30H34BrCs2F2N4O9+. The molecule has 2 saturated heterocycles. The number of fused-ring (bicyclic) bond motifs is 2. The van der Waals surface area contributed by atoms with Crippen LogP contribution in [0.15, 0.2) is 36.4 Å². The average molecular weight is 978 g/mol. The van der Waals surface area contributed by atoms with Crippen LogP contribution in [0.4, 0.5) is 13.6 Å². The summed E-state index contributed by atoms with van der Waals surface area (Å²) in [4.78, 5) is 31.6. The molecule has 2 atom stereocenters. The van der Waals surface area contributed by atoms with Crippen LogP contribution < -0.4 is 143 Å². The van der Waals surface area contributed by atoms with Gasteiger partial charge in [0.15, 0.2) is 11.4 Å². The Bertz CT molecular complexity index is 1610. The number of H-pyrrole nitrogens is 1. The smallest absolute Gasteiger partial charge is 0.565 e. The number of hydrogen-bond acceptors (Lipinski definition) is 10. The monoisotopic (exact) mass is 977 g/mol. The van der Waals surface area contributed by atoms with Crippen molar-refractivity contribution in [2.75, 3.05) is 45.5 Å². The number of carbonyl (C=O) groups excluding carboxylic acids is 2. The molecule has 13 nitrogen and oxygen atoms in total. The quantitative estimate of drug-likeness (QED) is 0.165. The van der Waals surface area contributed by atoms with E-state index < -0.39 is 18.1 Å². The average Bonchev–Trinajstić information content (AvgIpc) is 3.85. The number of nitrogens with one attached hydrogen (secondary N) is 1. The molecule has 2 N–H and O–H groups in total. The summed E-state index contributed by atoms with van der Waals surface area (Å²) >= 11 is 3.40. The topological polar surface area (TPSA) is 178 Å². The summed E-state index contributed by atoms with van der Waals surface area (Å²) in [6.45, 7) is 5.95. The number of carbonyl (C=O) groups is 3. The zero-order valence-electron chi connectivity index (χ0n) is 27.2. The van der Waals surface area contributed by atoms with E-state index in [1.807, 2.05) is 0 Å². The SMILES string of the molecule is BrCC1CCOC1.CCOC(=O)c1n[nH]c2cc(F)ccc12.COC(=O)c1nn(CC2CCOC2)c2cc(F)ccc12.O=C([O-])O.[Cs+].[Cs+]. The molecule has 4 heterocycles. The maximum Gasteiger partial charge on any atom is 1.00 e. The fourth-order valence-corrected chi connectivity index (χ4v) is 5.07. The van der Waals surface area contributed by atoms with E-state index in [0.29, 0.717) is 40.9 Å². The number of ether oxygens (including phenoxy) is 4. The number of esters is 2. The van der Waals surface area contributed by atoms with Crippen molar-refractivity contribution in [3.8, 4) is 0 Å². The Morgan fingerprint density at radius 2 is 1.58 bits per heavy atom. The summed E-state index contributed by atoms with van der Waals surface area (Å²) in [5, 5.41) is 28.2. The number of benzene rings is 2.